The Balaban J connectivity index is 1.11. The van der Waals surface area contributed by atoms with Crippen molar-refractivity contribution in [3.05, 3.63) is 55.2 Å². The summed E-state index contributed by atoms with van der Waals surface area (Å²) in [7, 11) is -1.36. The lowest BCUT2D eigenvalue weighted by Gasteiger charge is -2.33. The van der Waals surface area contributed by atoms with E-state index in [4.69, 9.17) is 14.7 Å². The number of ether oxygens (including phenoxy) is 1. The van der Waals surface area contributed by atoms with Gasteiger partial charge in [0.05, 0.1) is 35.1 Å². The highest BCUT2D eigenvalue weighted by molar-refractivity contribution is 7.90. The van der Waals surface area contributed by atoms with Crippen molar-refractivity contribution >= 4 is 27.3 Å². The van der Waals surface area contributed by atoms with Gasteiger partial charge < -0.3 is 20.3 Å². The molecule has 3 fully saturated rings. The van der Waals surface area contributed by atoms with Gasteiger partial charge in [-0.05, 0) is 70.3 Å². The normalized spacial score (nSPS) is 19.7. The van der Waals surface area contributed by atoms with Crippen LogP contribution in [0.4, 0.5) is 21.7 Å². The molecule has 0 spiro atoms. The molecule has 3 aliphatic rings. The minimum atomic E-state index is -3.49. The summed E-state index contributed by atoms with van der Waals surface area (Å²) in [5.41, 5.74) is 2.93. The number of nitrogens with one attached hydrogen (secondary N) is 2. The lowest BCUT2D eigenvalue weighted by Crippen LogP contribution is -2.43. The maximum atomic E-state index is 13.2. The fourth-order valence-electron chi connectivity index (χ4n) is 6.24. The maximum absolute atomic E-state index is 13.2. The molecule has 48 heavy (non-hydrogen) atoms. The number of rotatable bonds is 12. The Kier molecular flexibility index (Phi) is 9.50. The average Bonchev–Trinajstić information content (AvgIpc) is 3.84. The predicted molar refractivity (Wildman–Crippen MR) is 182 cm³/mol. The van der Waals surface area contributed by atoms with E-state index in [9.17, 15) is 12.8 Å². The highest BCUT2D eigenvalue weighted by Gasteiger charge is 2.37. The van der Waals surface area contributed by atoms with Gasteiger partial charge in [-0.1, -0.05) is 0 Å². The number of piperidine rings is 2. The van der Waals surface area contributed by atoms with Gasteiger partial charge in [0, 0.05) is 61.9 Å². The van der Waals surface area contributed by atoms with E-state index in [1.54, 1.807) is 24.7 Å². The van der Waals surface area contributed by atoms with E-state index in [0.29, 0.717) is 42.4 Å². The second kappa shape index (κ2) is 14.1. The fourth-order valence-corrected chi connectivity index (χ4v) is 7.72. The van der Waals surface area contributed by atoms with E-state index < -0.39 is 10.0 Å². The number of aromatic nitrogens is 6. The molecule has 2 N–H and O–H groups in total. The molecule has 4 aromatic rings. The molecule has 0 amide bonds. The Hall–Kier alpha value is -4.21. The van der Waals surface area contributed by atoms with Crippen molar-refractivity contribution in [1.82, 2.24) is 38.9 Å². The molecule has 0 bridgehead atoms. The smallest absolute Gasteiger partial charge is 0.256 e. The van der Waals surface area contributed by atoms with Crippen molar-refractivity contribution < 1.29 is 17.5 Å². The molecular weight excluding hydrogens is 635 g/mol. The van der Waals surface area contributed by atoms with E-state index in [2.05, 4.69) is 42.5 Å². The van der Waals surface area contributed by atoms with Gasteiger partial charge in [0.25, 0.3) is 10.0 Å². The van der Waals surface area contributed by atoms with Crippen LogP contribution in [0.5, 0.6) is 5.75 Å². The van der Waals surface area contributed by atoms with Crippen molar-refractivity contribution in [3.63, 3.8) is 0 Å². The highest BCUT2D eigenvalue weighted by atomic mass is 32.2. The van der Waals surface area contributed by atoms with Crippen LogP contribution >= 0.6 is 0 Å². The molecule has 1 unspecified atom stereocenters. The van der Waals surface area contributed by atoms with Crippen LogP contribution in [0.15, 0.2) is 55.2 Å². The molecule has 2 aliphatic heterocycles. The number of pyridine rings is 2. The quantitative estimate of drug-likeness (QED) is 0.222. The van der Waals surface area contributed by atoms with Gasteiger partial charge in [0.15, 0.2) is 5.82 Å². The number of nitrogens with zero attached hydrogens (tertiary/aromatic N) is 8. The van der Waals surface area contributed by atoms with Crippen molar-refractivity contribution in [3.8, 4) is 28.4 Å². The van der Waals surface area contributed by atoms with Crippen LogP contribution in [-0.2, 0) is 10.0 Å². The summed E-state index contributed by atoms with van der Waals surface area (Å²) >= 11 is 0. The Morgan fingerprint density at radius 1 is 0.979 bits per heavy atom. The number of halogens is 1. The van der Waals surface area contributed by atoms with E-state index in [1.165, 1.54) is 12.4 Å². The molecule has 254 valence electrons. The SMILES string of the molecule is CN1CCC(Oc2ccc(-c3cnc(Nc4ccnc(-c5cnn(S(=O)(=O)C6CC6)c5)n4)cc3NC3CCCN(CCF)C3)nc2)CC1. The first kappa shape index (κ1) is 32.3. The fraction of sp³-hybridized carbons (Fsp3) is 0.485. The minimum absolute atomic E-state index is 0.125. The third-order valence-corrected chi connectivity index (χ3v) is 11.1. The van der Waals surface area contributed by atoms with Gasteiger partial charge >= 0.3 is 0 Å². The average molecular weight is 677 g/mol. The Labute approximate surface area is 280 Å². The zero-order chi connectivity index (χ0) is 33.1. The Morgan fingerprint density at radius 3 is 2.60 bits per heavy atom. The van der Waals surface area contributed by atoms with Crippen molar-refractivity contribution in [2.75, 3.05) is 57.1 Å². The molecule has 7 rings (SSSR count). The van der Waals surface area contributed by atoms with Gasteiger partial charge in [0.2, 0.25) is 0 Å². The number of hydrogen-bond donors (Lipinski definition) is 2. The molecule has 0 aromatic carbocycles. The molecule has 2 saturated heterocycles. The van der Waals surface area contributed by atoms with Crippen LogP contribution in [0.1, 0.15) is 38.5 Å². The van der Waals surface area contributed by atoms with Crippen LogP contribution in [0.2, 0.25) is 0 Å². The molecule has 1 aliphatic carbocycles. The maximum Gasteiger partial charge on any atom is 0.256 e. The zero-order valence-electron chi connectivity index (χ0n) is 27.0. The van der Waals surface area contributed by atoms with Crippen molar-refractivity contribution in [2.24, 2.45) is 0 Å². The first-order valence-electron chi connectivity index (χ1n) is 16.6. The number of alkyl halides is 1. The lowest BCUT2D eigenvalue weighted by atomic mass is 10.0. The molecule has 4 aromatic heterocycles. The standard InChI is InChI=1S/C33H41FN10O3S/c1-42-14-9-25(10-15-42)47-26-4-7-29(36-19-26)28-20-37-32(17-30(28)39-24-3-2-13-43(22-24)16-11-34)40-31-8-12-35-33(41-31)23-18-38-44(21-23)48(45,46)27-5-6-27/h4,7-8,12,17-21,24-25,27H,2-3,5-6,9-11,13-16,22H2,1H3,(H2,35,37,39,40,41). The van der Waals surface area contributed by atoms with Gasteiger partial charge in [-0.3, -0.25) is 9.88 Å². The Morgan fingerprint density at radius 2 is 1.83 bits per heavy atom. The lowest BCUT2D eigenvalue weighted by molar-refractivity contribution is 0.114. The summed E-state index contributed by atoms with van der Waals surface area (Å²) in [4.78, 5) is 22.9. The molecule has 15 heteroatoms. The third-order valence-electron chi connectivity index (χ3n) is 9.09. The minimum Gasteiger partial charge on any atom is -0.489 e. The zero-order valence-corrected chi connectivity index (χ0v) is 27.8. The second-order valence-electron chi connectivity index (χ2n) is 12.8. The molecular formula is C33H41FN10O3S. The summed E-state index contributed by atoms with van der Waals surface area (Å²) in [6.07, 6.45) is 13.5. The van der Waals surface area contributed by atoms with Gasteiger partial charge in [0.1, 0.15) is 30.2 Å². The molecule has 13 nitrogen and oxygen atoms in total. The predicted octanol–water partition coefficient (Wildman–Crippen LogP) is 4.20. The number of anilines is 3. The van der Waals surface area contributed by atoms with Gasteiger partial charge in [-0.25, -0.2) is 27.8 Å². The van der Waals surface area contributed by atoms with Crippen LogP contribution in [-0.4, -0.2) is 111 Å². The summed E-state index contributed by atoms with van der Waals surface area (Å²) in [6.45, 7) is 3.73. The molecule has 6 heterocycles. The molecule has 1 saturated carbocycles. The van der Waals surface area contributed by atoms with E-state index in [-0.39, 0.29) is 24.1 Å². The van der Waals surface area contributed by atoms with Crippen molar-refractivity contribution in [1.29, 1.82) is 0 Å². The summed E-state index contributed by atoms with van der Waals surface area (Å²) in [5.74, 6) is 2.13. The highest BCUT2D eigenvalue weighted by Crippen LogP contribution is 2.33. The monoisotopic (exact) mass is 676 g/mol. The second-order valence-corrected chi connectivity index (χ2v) is 14.9. The van der Waals surface area contributed by atoms with Gasteiger partial charge in [-0.2, -0.15) is 9.19 Å². The van der Waals surface area contributed by atoms with Crippen molar-refractivity contribution in [2.45, 2.75) is 55.9 Å². The summed E-state index contributed by atoms with van der Waals surface area (Å²) in [6, 6.07) is 7.69. The van der Waals surface area contributed by atoms with Gasteiger partial charge in [-0.15, -0.1) is 0 Å². The first-order chi connectivity index (χ1) is 23.3. The molecule has 0 radical (unpaired) electrons. The summed E-state index contributed by atoms with van der Waals surface area (Å²) < 4.78 is 45.6. The topological polar surface area (TPSA) is 143 Å². The van der Waals surface area contributed by atoms with E-state index >= 15 is 0 Å². The van der Waals surface area contributed by atoms with E-state index in [0.717, 1.165) is 78.6 Å². The summed E-state index contributed by atoms with van der Waals surface area (Å²) in [5, 5.41) is 10.7. The van der Waals surface area contributed by atoms with Crippen LogP contribution < -0.4 is 15.4 Å². The number of hydrogen-bond acceptors (Lipinski definition) is 12. The van der Waals surface area contributed by atoms with E-state index in [1.807, 2.05) is 18.2 Å². The third kappa shape index (κ3) is 7.58. The molecule has 1 atom stereocenters. The van der Waals surface area contributed by atoms with Crippen LogP contribution in [0.25, 0.3) is 22.6 Å². The van der Waals surface area contributed by atoms with Crippen LogP contribution in [0, 0.1) is 0 Å². The largest absolute Gasteiger partial charge is 0.489 e. The van der Waals surface area contributed by atoms with Crippen LogP contribution in [0.3, 0.4) is 0 Å². The Bertz CT molecular complexity index is 1810. The first-order valence-corrected chi connectivity index (χ1v) is 18.1. The number of likely N-dealkylation sites (tertiary alicyclic amines) is 2.